The van der Waals surface area contributed by atoms with Crippen LogP contribution in [-0.4, -0.2) is 100 Å². The van der Waals surface area contributed by atoms with Crippen LogP contribution >= 0.6 is 0 Å². The molecule has 11 nitrogen and oxygen atoms in total. The van der Waals surface area contributed by atoms with Crippen LogP contribution in [0, 0.1) is 0 Å². The molecule has 0 amide bonds. The van der Waals surface area contributed by atoms with E-state index in [0.29, 0.717) is 35.5 Å². The SMILES string of the molecule is COc1cc(CCCO)ccc1OC(CO)C(O)c1ccc(C2OC(CO)C(O)C(O)C2O)c(OC)c1. The van der Waals surface area contributed by atoms with Crippen molar-refractivity contribution in [3.63, 3.8) is 0 Å². The summed E-state index contributed by atoms with van der Waals surface area (Å²) in [5.74, 6) is 0.943. The molecule has 1 saturated heterocycles. The fourth-order valence-corrected chi connectivity index (χ4v) is 4.33. The van der Waals surface area contributed by atoms with Crippen molar-refractivity contribution in [2.45, 2.75) is 55.6 Å². The second kappa shape index (κ2) is 13.4. The van der Waals surface area contributed by atoms with Gasteiger partial charge in [-0.25, -0.2) is 0 Å². The van der Waals surface area contributed by atoms with E-state index in [0.717, 1.165) is 5.56 Å². The molecule has 1 fully saturated rings. The first-order valence-electron chi connectivity index (χ1n) is 12.0. The molecule has 0 bridgehead atoms. The molecule has 0 radical (unpaired) electrons. The number of ether oxygens (including phenoxy) is 4. The van der Waals surface area contributed by atoms with E-state index < -0.39 is 55.9 Å². The lowest BCUT2D eigenvalue weighted by Crippen LogP contribution is -2.55. The highest BCUT2D eigenvalue weighted by Crippen LogP contribution is 2.39. The molecule has 11 heteroatoms. The Labute approximate surface area is 215 Å². The van der Waals surface area contributed by atoms with Crippen molar-refractivity contribution in [1.82, 2.24) is 0 Å². The van der Waals surface area contributed by atoms with Crippen molar-refractivity contribution in [2.75, 3.05) is 34.0 Å². The maximum Gasteiger partial charge on any atom is 0.161 e. The number of methoxy groups -OCH3 is 2. The highest BCUT2D eigenvalue weighted by Gasteiger charge is 2.45. The molecule has 7 atom stereocenters. The van der Waals surface area contributed by atoms with Gasteiger partial charge in [0.05, 0.1) is 27.4 Å². The van der Waals surface area contributed by atoms with Crippen molar-refractivity contribution < 1.29 is 54.7 Å². The molecule has 206 valence electrons. The van der Waals surface area contributed by atoms with Gasteiger partial charge in [-0.3, -0.25) is 0 Å². The van der Waals surface area contributed by atoms with Crippen LogP contribution in [0.1, 0.15) is 35.3 Å². The predicted octanol–water partition coefficient (Wildman–Crippen LogP) is -0.383. The van der Waals surface area contributed by atoms with Gasteiger partial charge in [0.25, 0.3) is 0 Å². The van der Waals surface area contributed by atoms with Crippen molar-refractivity contribution >= 4 is 0 Å². The van der Waals surface area contributed by atoms with Gasteiger partial charge in [-0.1, -0.05) is 18.2 Å². The molecule has 3 rings (SSSR count). The molecule has 2 aromatic carbocycles. The van der Waals surface area contributed by atoms with Crippen molar-refractivity contribution in [3.05, 3.63) is 53.1 Å². The minimum absolute atomic E-state index is 0.0674. The summed E-state index contributed by atoms with van der Waals surface area (Å²) in [6.07, 6.45) is -7.85. The number of hydrogen-bond donors (Lipinski definition) is 7. The van der Waals surface area contributed by atoms with E-state index in [1.165, 1.54) is 32.4 Å². The zero-order valence-corrected chi connectivity index (χ0v) is 20.8. The van der Waals surface area contributed by atoms with Crippen LogP contribution in [0.2, 0.25) is 0 Å². The average molecular weight is 525 g/mol. The fraction of sp³-hybridized carbons (Fsp3) is 0.538. The van der Waals surface area contributed by atoms with E-state index in [-0.39, 0.29) is 12.4 Å². The van der Waals surface area contributed by atoms with E-state index in [4.69, 9.17) is 24.1 Å². The summed E-state index contributed by atoms with van der Waals surface area (Å²) in [6, 6.07) is 9.80. The largest absolute Gasteiger partial charge is 0.496 e. The number of hydrogen-bond acceptors (Lipinski definition) is 11. The Kier molecular flexibility index (Phi) is 10.5. The minimum atomic E-state index is -1.55. The third-order valence-electron chi connectivity index (χ3n) is 6.46. The van der Waals surface area contributed by atoms with Gasteiger partial charge in [0.15, 0.2) is 17.6 Å². The van der Waals surface area contributed by atoms with Gasteiger partial charge < -0.3 is 54.7 Å². The Hall–Kier alpha value is -2.48. The molecule has 0 aromatic heterocycles. The van der Waals surface area contributed by atoms with Crippen LogP contribution < -0.4 is 14.2 Å². The van der Waals surface area contributed by atoms with Crippen LogP contribution in [0.15, 0.2) is 36.4 Å². The summed E-state index contributed by atoms with van der Waals surface area (Å²) in [6.45, 7) is -1.02. The van der Waals surface area contributed by atoms with E-state index >= 15 is 0 Å². The van der Waals surface area contributed by atoms with Crippen molar-refractivity contribution in [2.24, 2.45) is 0 Å². The Bertz CT molecular complexity index is 998. The minimum Gasteiger partial charge on any atom is -0.496 e. The normalized spacial score (nSPS) is 25.4. The van der Waals surface area contributed by atoms with Gasteiger partial charge in [-0.05, 0) is 42.2 Å². The number of aliphatic hydroxyl groups excluding tert-OH is 7. The number of benzene rings is 2. The first-order valence-corrected chi connectivity index (χ1v) is 12.0. The maximum absolute atomic E-state index is 11.0. The standard InChI is InChI=1S/C26H36O11/c1-34-18-11-15(6-7-16(18)26-25(33)24(32)23(31)21(13-29)37-26)22(30)20(12-28)36-17-8-5-14(4-3-9-27)10-19(17)35-2/h5-8,10-11,20-33H,3-4,9,12-13H2,1-2H3. The zero-order chi connectivity index (χ0) is 27.1. The molecule has 7 unspecified atom stereocenters. The van der Waals surface area contributed by atoms with Gasteiger partial charge in [-0.2, -0.15) is 0 Å². The van der Waals surface area contributed by atoms with Gasteiger partial charge in [-0.15, -0.1) is 0 Å². The lowest BCUT2D eigenvalue weighted by Gasteiger charge is -2.40. The molecule has 7 N–H and O–H groups in total. The Morgan fingerprint density at radius 1 is 0.865 bits per heavy atom. The molecule has 2 aromatic rings. The van der Waals surface area contributed by atoms with Gasteiger partial charge >= 0.3 is 0 Å². The molecular formula is C26H36O11. The smallest absolute Gasteiger partial charge is 0.161 e. The van der Waals surface area contributed by atoms with E-state index in [2.05, 4.69) is 0 Å². The topological polar surface area (TPSA) is 179 Å². The van der Waals surface area contributed by atoms with Gasteiger partial charge in [0, 0.05) is 12.2 Å². The third kappa shape index (κ3) is 6.51. The summed E-state index contributed by atoms with van der Waals surface area (Å²) in [5.41, 5.74) is 1.60. The Morgan fingerprint density at radius 3 is 2.22 bits per heavy atom. The third-order valence-corrected chi connectivity index (χ3v) is 6.46. The molecule has 0 aliphatic carbocycles. The Balaban J connectivity index is 1.83. The lowest BCUT2D eigenvalue weighted by atomic mass is 9.90. The summed E-state index contributed by atoms with van der Waals surface area (Å²) >= 11 is 0. The highest BCUT2D eigenvalue weighted by molar-refractivity contribution is 5.44. The molecule has 1 aliphatic rings. The monoisotopic (exact) mass is 524 g/mol. The van der Waals surface area contributed by atoms with Crippen LogP contribution in [0.3, 0.4) is 0 Å². The first-order chi connectivity index (χ1) is 17.8. The van der Waals surface area contributed by atoms with Gasteiger partial charge in [0.2, 0.25) is 0 Å². The van der Waals surface area contributed by atoms with Crippen molar-refractivity contribution in [3.8, 4) is 17.2 Å². The number of aryl methyl sites for hydroxylation is 1. The zero-order valence-electron chi connectivity index (χ0n) is 20.8. The quantitative estimate of drug-likeness (QED) is 0.192. The first kappa shape index (κ1) is 29.1. The maximum atomic E-state index is 11.0. The highest BCUT2D eigenvalue weighted by atomic mass is 16.5. The molecular weight excluding hydrogens is 488 g/mol. The number of rotatable bonds is 12. The van der Waals surface area contributed by atoms with Crippen LogP contribution in [0.25, 0.3) is 0 Å². The molecule has 37 heavy (non-hydrogen) atoms. The van der Waals surface area contributed by atoms with E-state index in [9.17, 15) is 30.6 Å². The Morgan fingerprint density at radius 2 is 1.59 bits per heavy atom. The van der Waals surface area contributed by atoms with Crippen LogP contribution in [0.4, 0.5) is 0 Å². The lowest BCUT2D eigenvalue weighted by molar-refractivity contribution is -0.232. The molecule has 0 spiro atoms. The van der Waals surface area contributed by atoms with Crippen LogP contribution in [0.5, 0.6) is 17.2 Å². The molecule has 0 saturated carbocycles. The van der Waals surface area contributed by atoms with Crippen LogP contribution in [-0.2, 0) is 11.2 Å². The average Bonchev–Trinajstić information content (AvgIpc) is 2.93. The fourth-order valence-electron chi connectivity index (χ4n) is 4.33. The second-order valence-electron chi connectivity index (χ2n) is 8.85. The summed E-state index contributed by atoms with van der Waals surface area (Å²) in [7, 11) is 2.85. The summed E-state index contributed by atoms with van der Waals surface area (Å²) in [4.78, 5) is 0. The van der Waals surface area contributed by atoms with E-state index in [1.807, 2.05) is 6.07 Å². The predicted molar refractivity (Wildman–Crippen MR) is 131 cm³/mol. The summed E-state index contributed by atoms with van der Waals surface area (Å²) < 4.78 is 22.3. The van der Waals surface area contributed by atoms with Crippen molar-refractivity contribution in [1.29, 1.82) is 0 Å². The van der Waals surface area contributed by atoms with E-state index in [1.54, 1.807) is 12.1 Å². The second-order valence-corrected chi connectivity index (χ2v) is 8.85. The number of aliphatic hydroxyl groups is 7. The van der Waals surface area contributed by atoms with Gasteiger partial charge in [0.1, 0.15) is 42.4 Å². The summed E-state index contributed by atoms with van der Waals surface area (Å²) in [5, 5.41) is 70.2. The molecule has 1 aliphatic heterocycles. The molecule has 1 heterocycles.